The molecular formula is C18H15F3N4O2. The first-order valence-electron chi connectivity index (χ1n) is 8.04. The minimum absolute atomic E-state index is 0.00956. The van der Waals surface area contributed by atoms with Crippen molar-refractivity contribution in [2.75, 3.05) is 5.32 Å². The molecule has 1 N–H and O–H groups in total. The molecule has 0 saturated carbocycles. The van der Waals surface area contributed by atoms with Crippen LogP contribution in [0.4, 0.5) is 18.9 Å². The number of alkyl halides is 3. The van der Waals surface area contributed by atoms with Crippen molar-refractivity contribution in [3.63, 3.8) is 0 Å². The van der Waals surface area contributed by atoms with Gasteiger partial charge in [-0.1, -0.05) is 11.2 Å². The number of aryl methyl sites for hydroxylation is 1. The Morgan fingerprint density at radius 3 is 2.74 bits per heavy atom. The van der Waals surface area contributed by atoms with Crippen LogP contribution < -0.4 is 5.32 Å². The quantitative estimate of drug-likeness (QED) is 0.727. The van der Waals surface area contributed by atoms with Gasteiger partial charge in [0.1, 0.15) is 0 Å². The highest BCUT2D eigenvalue weighted by atomic mass is 19.4. The summed E-state index contributed by atoms with van der Waals surface area (Å²) in [6, 6.07) is 7.16. The summed E-state index contributed by atoms with van der Waals surface area (Å²) in [5, 5.41) is 6.31. The molecule has 0 atom stereocenters. The highest BCUT2D eigenvalue weighted by Gasteiger charge is 2.33. The van der Waals surface area contributed by atoms with Crippen LogP contribution in [0.3, 0.4) is 0 Å². The van der Waals surface area contributed by atoms with Crippen molar-refractivity contribution >= 4 is 11.6 Å². The van der Waals surface area contributed by atoms with E-state index >= 15 is 0 Å². The Kier molecular flexibility index (Phi) is 5.20. The molecule has 0 unspecified atom stereocenters. The average molecular weight is 376 g/mol. The molecule has 0 bridgehead atoms. The number of nitrogens with one attached hydrogen (secondary N) is 1. The van der Waals surface area contributed by atoms with Gasteiger partial charge in [0.25, 0.3) is 0 Å². The fourth-order valence-corrected chi connectivity index (χ4v) is 2.48. The second-order valence-corrected chi connectivity index (χ2v) is 5.78. The SMILES string of the molecule is Cc1c(NC(=O)CCc2nc(-c3cccnc3)no2)cccc1C(F)(F)F. The summed E-state index contributed by atoms with van der Waals surface area (Å²) in [6.07, 6.45) is -1.12. The van der Waals surface area contributed by atoms with Crippen molar-refractivity contribution in [1.29, 1.82) is 0 Å². The molecule has 0 fully saturated rings. The van der Waals surface area contributed by atoms with E-state index in [0.29, 0.717) is 11.4 Å². The molecule has 0 aliphatic rings. The standard InChI is InChI=1S/C18H15F3N4O2/c1-11-13(18(19,20)21)5-2-6-14(11)23-15(26)7-8-16-24-17(25-27-16)12-4-3-9-22-10-12/h2-6,9-10H,7-8H2,1H3,(H,23,26). The summed E-state index contributed by atoms with van der Waals surface area (Å²) in [6.45, 7) is 1.32. The number of amides is 1. The molecule has 3 aromatic rings. The predicted molar refractivity (Wildman–Crippen MR) is 90.7 cm³/mol. The van der Waals surface area contributed by atoms with Crippen LogP contribution in [-0.4, -0.2) is 21.0 Å². The van der Waals surface area contributed by atoms with Gasteiger partial charge in [0.05, 0.1) is 5.56 Å². The second kappa shape index (κ2) is 7.56. The molecule has 0 aliphatic heterocycles. The van der Waals surface area contributed by atoms with E-state index in [0.717, 1.165) is 6.07 Å². The number of carbonyl (C=O) groups excluding carboxylic acids is 1. The van der Waals surface area contributed by atoms with Crippen LogP contribution in [0.15, 0.2) is 47.2 Å². The smallest absolute Gasteiger partial charge is 0.339 e. The van der Waals surface area contributed by atoms with Crippen LogP contribution in [0.25, 0.3) is 11.4 Å². The van der Waals surface area contributed by atoms with Crippen LogP contribution in [-0.2, 0) is 17.4 Å². The zero-order valence-corrected chi connectivity index (χ0v) is 14.2. The Bertz CT molecular complexity index is 939. The monoisotopic (exact) mass is 376 g/mol. The summed E-state index contributed by atoms with van der Waals surface area (Å²) in [7, 11) is 0. The number of nitrogens with zero attached hydrogens (tertiary/aromatic N) is 3. The van der Waals surface area contributed by atoms with Gasteiger partial charge in [-0.05, 0) is 36.8 Å². The van der Waals surface area contributed by atoms with Gasteiger partial charge in [-0.3, -0.25) is 9.78 Å². The number of anilines is 1. The van der Waals surface area contributed by atoms with Crippen molar-refractivity contribution in [3.8, 4) is 11.4 Å². The molecular weight excluding hydrogens is 361 g/mol. The van der Waals surface area contributed by atoms with Gasteiger partial charge in [-0.25, -0.2) is 0 Å². The average Bonchev–Trinajstić information content (AvgIpc) is 3.11. The third-order valence-corrected chi connectivity index (χ3v) is 3.87. The Morgan fingerprint density at radius 1 is 1.22 bits per heavy atom. The summed E-state index contributed by atoms with van der Waals surface area (Å²) in [4.78, 5) is 20.2. The number of carbonyl (C=O) groups is 1. The second-order valence-electron chi connectivity index (χ2n) is 5.78. The normalized spacial score (nSPS) is 11.4. The number of benzene rings is 1. The Hall–Kier alpha value is -3.23. The van der Waals surface area contributed by atoms with Gasteiger partial charge >= 0.3 is 6.18 Å². The fourth-order valence-electron chi connectivity index (χ4n) is 2.48. The number of hydrogen-bond donors (Lipinski definition) is 1. The minimum Gasteiger partial charge on any atom is -0.339 e. The lowest BCUT2D eigenvalue weighted by molar-refractivity contribution is -0.138. The maximum absolute atomic E-state index is 12.9. The molecule has 9 heteroatoms. The van der Waals surface area contributed by atoms with E-state index in [4.69, 9.17) is 4.52 Å². The highest BCUT2D eigenvalue weighted by Crippen LogP contribution is 2.34. The molecule has 27 heavy (non-hydrogen) atoms. The van der Waals surface area contributed by atoms with E-state index in [-0.39, 0.29) is 30.0 Å². The lowest BCUT2D eigenvalue weighted by Crippen LogP contribution is -2.15. The number of pyridine rings is 1. The van der Waals surface area contributed by atoms with Crippen molar-refractivity contribution in [1.82, 2.24) is 15.1 Å². The molecule has 0 aliphatic carbocycles. The first-order chi connectivity index (χ1) is 12.8. The lowest BCUT2D eigenvalue weighted by atomic mass is 10.1. The lowest BCUT2D eigenvalue weighted by Gasteiger charge is -2.14. The van der Waals surface area contributed by atoms with Crippen molar-refractivity contribution < 1.29 is 22.5 Å². The zero-order chi connectivity index (χ0) is 19.4. The molecule has 1 amide bonds. The largest absolute Gasteiger partial charge is 0.416 e. The molecule has 0 radical (unpaired) electrons. The van der Waals surface area contributed by atoms with Crippen LogP contribution >= 0.6 is 0 Å². The van der Waals surface area contributed by atoms with Gasteiger partial charge in [-0.2, -0.15) is 18.2 Å². The third kappa shape index (κ3) is 4.49. The molecule has 1 aromatic carbocycles. The molecule has 0 spiro atoms. The molecule has 140 valence electrons. The summed E-state index contributed by atoms with van der Waals surface area (Å²) in [5.74, 6) is 0.163. The van der Waals surface area contributed by atoms with Crippen molar-refractivity contribution in [2.45, 2.75) is 25.9 Å². The van der Waals surface area contributed by atoms with E-state index in [1.807, 2.05) is 0 Å². The summed E-state index contributed by atoms with van der Waals surface area (Å²) >= 11 is 0. The maximum atomic E-state index is 12.9. The molecule has 2 aromatic heterocycles. The Morgan fingerprint density at radius 2 is 2.04 bits per heavy atom. The Labute approximate surface area is 152 Å². The van der Waals surface area contributed by atoms with Crippen LogP contribution in [0, 0.1) is 6.92 Å². The topological polar surface area (TPSA) is 80.9 Å². The van der Waals surface area contributed by atoms with Crippen LogP contribution in [0.1, 0.15) is 23.4 Å². The van der Waals surface area contributed by atoms with Gasteiger partial charge in [-0.15, -0.1) is 0 Å². The van der Waals surface area contributed by atoms with Gasteiger partial charge in [0, 0.05) is 36.5 Å². The van der Waals surface area contributed by atoms with E-state index in [1.54, 1.807) is 24.5 Å². The van der Waals surface area contributed by atoms with E-state index in [9.17, 15) is 18.0 Å². The molecule has 3 rings (SSSR count). The number of rotatable bonds is 5. The third-order valence-electron chi connectivity index (χ3n) is 3.87. The number of hydrogen-bond acceptors (Lipinski definition) is 5. The first-order valence-corrected chi connectivity index (χ1v) is 8.04. The molecule has 6 nitrogen and oxygen atoms in total. The zero-order valence-electron chi connectivity index (χ0n) is 14.2. The van der Waals surface area contributed by atoms with Gasteiger partial charge in [0.15, 0.2) is 0 Å². The van der Waals surface area contributed by atoms with E-state index < -0.39 is 17.6 Å². The predicted octanol–water partition coefficient (Wildman–Crippen LogP) is 4.03. The highest BCUT2D eigenvalue weighted by molar-refractivity contribution is 5.91. The summed E-state index contributed by atoms with van der Waals surface area (Å²) < 4.78 is 43.9. The van der Waals surface area contributed by atoms with Crippen LogP contribution in [0.2, 0.25) is 0 Å². The Balaban J connectivity index is 1.62. The van der Waals surface area contributed by atoms with E-state index in [2.05, 4.69) is 20.4 Å². The van der Waals surface area contributed by atoms with Gasteiger partial charge in [0.2, 0.25) is 17.6 Å². The molecule has 2 heterocycles. The fraction of sp³-hybridized carbons (Fsp3) is 0.222. The van der Waals surface area contributed by atoms with Crippen molar-refractivity contribution in [2.24, 2.45) is 0 Å². The van der Waals surface area contributed by atoms with Crippen molar-refractivity contribution in [3.05, 3.63) is 59.7 Å². The number of aromatic nitrogens is 3. The number of halogens is 3. The first kappa shape index (κ1) is 18.6. The minimum atomic E-state index is -4.47. The molecule has 0 saturated heterocycles. The maximum Gasteiger partial charge on any atom is 0.416 e. The summed E-state index contributed by atoms with van der Waals surface area (Å²) in [5.41, 5.74) is -0.0127. The van der Waals surface area contributed by atoms with E-state index in [1.165, 1.54) is 19.1 Å². The van der Waals surface area contributed by atoms with Crippen LogP contribution in [0.5, 0.6) is 0 Å². The van der Waals surface area contributed by atoms with Gasteiger partial charge < -0.3 is 9.84 Å².